The van der Waals surface area contributed by atoms with Crippen LogP contribution in [0.15, 0.2) is 24.3 Å². The summed E-state index contributed by atoms with van der Waals surface area (Å²) in [5.41, 5.74) is 0.978. The SMILES string of the molecule is O=C(Cc1ccc(Cl)cc1)NCC1CCC(CNC(=O)NCC2CC2)CC1. The predicted octanol–water partition coefficient (Wildman–Crippen LogP) is 3.51. The molecule has 0 heterocycles. The zero-order valence-electron chi connectivity index (χ0n) is 15.8. The fourth-order valence-electron chi connectivity index (χ4n) is 3.61. The summed E-state index contributed by atoms with van der Waals surface area (Å²) in [7, 11) is 0. The van der Waals surface area contributed by atoms with Gasteiger partial charge in [-0.25, -0.2) is 4.79 Å². The summed E-state index contributed by atoms with van der Waals surface area (Å²) in [6.07, 6.45) is 7.34. The number of benzene rings is 1. The summed E-state index contributed by atoms with van der Waals surface area (Å²) in [5, 5.41) is 9.69. The molecule has 0 saturated heterocycles. The van der Waals surface area contributed by atoms with Gasteiger partial charge < -0.3 is 16.0 Å². The lowest BCUT2D eigenvalue weighted by molar-refractivity contribution is -0.120. The van der Waals surface area contributed by atoms with Gasteiger partial charge >= 0.3 is 6.03 Å². The molecule has 0 aliphatic heterocycles. The Bertz CT molecular complexity index is 623. The van der Waals surface area contributed by atoms with E-state index in [9.17, 15) is 9.59 Å². The third kappa shape index (κ3) is 7.41. The number of carbonyl (C=O) groups is 2. The van der Waals surface area contributed by atoms with Crippen LogP contribution in [0.2, 0.25) is 5.02 Å². The molecule has 3 amide bonds. The van der Waals surface area contributed by atoms with Crippen LogP contribution in [0.1, 0.15) is 44.1 Å². The molecule has 2 saturated carbocycles. The number of urea groups is 1. The standard InChI is InChI=1S/C21H30ClN3O2/c22-19-9-7-15(8-10-19)11-20(26)23-12-16-1-3-17(4-2-16)13-24-21(27)25-14-18-5-6-18/h7-10,16-18H,1-6,11-14H2,(H,23,26)(H2,24,25,27). The van der Waals surface area contributed by atoms with Crippen molar-refractivity contribution in [1.29, 1.82) is 0 Å². The van der Waals surface area contributed by atoms with Gasteiger partial charge in [0.25, 0.3) is 0 Å². The summed E-state index contributed by atoms with van der Waals surface area (Å²) in [4.78, 5) is 23.8. The van der Waals surface area contributed by atoms with Crippen molar-refractivity contribution < 1.29 is 9.59 Å². The Morgan fingerprint density at radius 2 is 1.22 bits per heavy atom. The Kier molecular flexibility index (Phi) is 7.39. The van der Waals surface area contributed by atoms with Gasteiger partial charge in [0.15, 0.2) is 0 Å². The molecular weight excluding hydrogens is 362 g/mol. The molecule has 3 rings (SSSR count). The summed E-state index contributed by atoms with van der Waals surface area (Å²) < 4.78 is 0. The van der Waals surface area contributed by atoms with Crippen LogP contribution < -0.4 is 16.0 Å². The minimum atomic E-state index is -0.0292. The van der Waals surface area contributed by atoms with Crippen molar-refractivity contribution in [3.8, 4) is 0 Å². The summed E-state index contributed by atoms with van der Waals surface area (Å²) >= 11 is 5.87. The van der Waals surface area contributed by atoms with Gasteiger partial charge in [0, 0.05) is 24.7 Å². The first-order chi connectivity index (χ1) is 13.1. The molecule has 0 aromatic heterocycles. The Morgan fingerprint density at radius 1 is 0.778 bits per heavy atom. The molecule has 0 atom stereocenters. The van der Waals surface area contributed by atoms with Gasteiger partial charge in [-0.05, 0) is 74.0 Å². The van der Waals surface area contributed by atoms with Gasteiger partial charge in [0.05, 0.1) is 6.42 Å². The highest BCUT2D eigenvalue weighted by Crippen LogP contribution is 2.28. The third-order valence-electron chi connectivity index (χ3n) is 5.63. The van der Waals surface area contributed by atoms with E-state index in [1.165, 1.54) is 12.8 Å². The van der Waals surface area contributed by atoms with Gasteiger partial charge in [-0.15, -0.1) is 0 Å². The smallest absolute Gasteiger partial charge is 0.314 e. The number of carbonyl (C=O) groups excluding carboxylic acids is 2. The number of hydrogen-bond donors (Lipinski definition) is 3. The zero-order valence-corrected chi connectivity index (χ0v) is 16.6. The van der Waals surface area contributed by atoms with E-state index in [-0.39, 0.29) is 11.9 Å². The third-order valence-corrected chi connectivity index (χ3v) is 5.88. The van der Waals surface area contributed by atoms with Gasteiger partial charge in [0.2, 0.25) is 5.91 Å². The van der Waals surface area contributed by atoms with Crippen molar-refractivity contribution in [3.05, 3.63) is 34.9 Å². The molecule has 3 N–H and O–H groups in total. The maximum absolute atomic E-state index is 12.1. The highest BCUT2D eigenvalue weighted by Gasteiger charge is 2.23. The van der Waals surface area contributed by atoms with Crippen LogP contribution in [0.25, 0.3) is 0 Å². The number of halogens is 1. The fourth-order valence-corrected chi connectivity index (χ4v) is 3.73. The molecule has 5 nitrogen and oxygen atoms in total. The predicted molar refractivity (Wildman–Crippen MR) is 108 cm³/mol. The van der Waals surface area contributed by atoms with E-state index in [1.807, 2.05) is 24.3 Å². The molecule has 0 unspecified atom stereocenters. The molecule has 148 valence electrons. The quantitative estimate of drug-likeness (QED) is 0.634. The molecule has 27 heavy (non-hydrogen) atoms. The second-order valence-corrected chi connectivity index (χ2v) is 8.46. The maximum Gasteiger partial charge on any atom is 0.314 e. The van der Waals surface area contributed by atoms with Gasteiger partial charge in [-0.1, -0.05) is 23.7 Å². The summed E-state index contributed by atoms with van der Waals surface area (Å²) in [5.74, 6) is 1.87. The highest BCUT2D eigenvalue weighted by atomic mass is 35.5. The van der Waals surface area contributed by atoms with Crippen LogP contribution in [0.3, 0.4) is 0 Å². The Labute approximate surface area is 166 Å². The fraction of sp³-hybridized carbons (Fsp3) is 0.619. The Balaban J connectivity index is 1.26. The lowest BCUT2D eigenvalue weighted by Crippen LogP contribution is -2.40. The lowest BCUT2D eigenvalue weighted by atomic mass is 9.82. The molecule has 0 spiro atoms. The highest BCUT2D eigenvalue weighted by molar-refractivity contribution is 6.30. The van der Waals surface area contributed by atoms with E-state index in [0.717, 1.165) is 50.9 Å². The Hall–Kier alpha value is -1.75. The first kappa shape index (κ1) is 20.0. The molecular formula is C21H30ClN3O2. The maximum atomic E-state index is 12.1. The van der Waals surface area contributed by atoms with E-state index >= 15 is 0 Å². The molecule has 6 heteroatoms. The Morgan fingerprint density at radius 3 is 1.70 bits per heavy atom. The van der Waals surface area contributed by atoms with Crippen molar-refractivity contribution >= 4 is 23.5 Å². The second kappa shape index (κ2) is 9.98. The summed E-state index contributed by atoms with van der Waals surface area (Å²) in [6, 6.07) is 7.37. The number of nitrogens with one attached hydrogen (secondary N) is 3. The zero-order chi connectivity index (χ0) is 19.1. The van der Waals surface area contributed by atoms with E-state index < -0.39 is 0 Å². The van der Waals surface area contributed by atoms with Crippen molar-refractivity contribution in [2.24, 2.45) is 17.8 Å². The normalized spacial score (nSPS) is 22.1. The van der Waals surface area contributed by atoms with Crippen LogP contribution in [0, 0.1) is 17.8 Å². The second-order valence-electron chi connectivity index (χ2n) is 8.03. The van der Waals surface area contributed by atoms with Crippen LogP contribution in [0.5, 0.6) is 0 Å². The minimum Gasteiger partial charge on any atom is -0.356 e. The van der Waals surface area contributed by atoms with Crippen LogP contribution in [0.4, 0.5) is 4.79 Å². The topological polar surface area (TPSA) is 70.2 Å². The molecule has 1 aromatic rings. The van der Waals surface area contributed by atoms with Crippen molar-refractivity contribution in [1.82, 2.24) is 16.0 Å². The first-order valence-electron chi connectivity index (χ1n) is 10.1. The van der Waals surface area contributed by atoms with E-state index in [1.54, 1.807) is 0 Å². The van der Waals surface area contributed by atoms with Gasteiger partial charge in [-0.3, -0.25) is 4.79 Å². The largest absolute Gasteiger partial charge is 0.356 e. The molecule has 0 bridgehead atoms. The van der Waals surface area contributed by atoms with Gasteiger partial charge in [-0.2, -0.15) is 0 Å². The lowest BCUT2D eigenvalue weighted by Gasteiger charge is -2.28. The van der Waals surface area contributed by atoms with E-state index in [0.29, 0.717) is 29.2 Å². The molecule has 1 aromatic carbocycles. The molecule has 2 aliphatic rings. The number of amides is 3. The first-order valence-corrected chi connectivity index (χ1v) is 10.5. The number of rotatable bonds is 8. The van der Waals surface area contributed by atoms with Crippen molar-refractivity contribution in [3.63, 3.8) is 0 Å². The molecule has 0 radical (unpaired) electrons. The van der Waals surface area contributed by atoms with Crippen molar-refractivity contribution in [2.45, 2.75) is 44.9 Å². The summed E-state index contributed by atoms with van der Waals surface area (Å²) in [6.45, 7) is 2.31. The van der Waals surface area contributed by atoms with Crippen LogP contribution >= 0.6 is 11.6 Å². The monoisotopic (exact) mass is 391 g/mol. The van der Waals surface area contributed by atoms with Crippen molar-refractivity contribution in [2.75, 3.05) is 19.6 Å². The number of hydrogen-bond acceptors (Lipinski definition) is 2. The molecule has 2 aliphatic carbocycles. The van der Waals surface area contributed by atoms with E-state index in [2.05, 4.69) is 16.0 Å². The minimum absolute atomic E-state index is 0.0292. The molecule has 2 fully saturated rings. The average molecular weight is 392 g/mol. The van der Waals surface area contributed by atoms with Gasteiger partial charge in [0.1, 0.15) is 0 Å². The van der Waals surface area contributed by atoms with Crippen LogP contribution in [-0.2, 0) is 11.2 Å². The van der Waals surface area contributed by atoms with Crippen LogP contribution in [-0.4, -0.2) is 31.6 Å². The van der Waals surface area contributed by atoms with E-state index in [4.69, 9.17) is 11.6 Å². The average Bonchev–Trinajstić information content (AvgIpc) is 3.50.